The summed E-state index contributed by atoms with van der Waals surface area (Å²) in [5, 5.41) is 5.07. The normalized spacial score (nSPS) is 13.7. The Labute approximate surface area is 201 Å². The highest BCUT2D eigenvalue weighted by Crippen LogP contribution is 2.42. The molecule has 6 nitrogen and oxygen atoms in total. The molecule has 0 bridgehead atoms. The summed E-state index contributed by atoms with van der Waals surface area (Å²) in [5.41, 5.74) is 7.97. The molecule has 2 N–H and O–H groups in total. The molecule has 1 aliphatic rings. The van der Waals surface area contributed by atoms with Crippen molar-refractivity contribution in [3.63, 3.8) is 0 Å². The first-order valence-electron chi connectivity index (χ1n) is 11.2. The summed E-state index contributed by atoms with van der Waals surface area (Å²) < 4.78 is 33.2. The van der Waals surface area contributed by atoms with Gasteiger partial charge in [-0.3, -0.25) is 0 Å². The second kappa shape index (κ2) is 10.0. The number of hydrogen-bond donors (Lipinski definition) is 1. The lowest BCUT2D eigenvalue weighted by Gasteiger charge is -2.25. The molecule has 0 amide bonds. The van der Waals surface area contributed by atoms with Gasteiger partial charge in [-0.1, -0.05) is 42.5 Å². The molecule has 34 heavy (non-hydrogen) atoms. The van der Waals surface area contributed by atoms with Gasteiger partial charge in [0.05, 0.1) is 7.11 Å². The van der Waals surface area contributed by atoms with Crippen LogP contribution in [-0.2, 0) is 23.1 Å². The van der Waals surface area contributed by atoms with Crippen molar-refractivity contribution in [1.29, 1.82) is 0 Å². The van der Waals surface area contributed by atoms with E-state index >= 15 is 0 Å². The van der Waals surface area contributed by atoms with E-state index in [1.165, 1.54) is 11.1 Å². The first-order valence-corrected chi connectivity index (χ1v) is 12.7. The molecule has 0 spiro atoms. The van der Waals surface area contributed by atoms with E-state index in [0.29, 0.717) is 0 Å². The van der Waals surface area contributed by atoms with Crippen LogP contribution in [0.25, 0.3) is 11.1 Å². The van der Waals surface area contributed by atoms with Crippen molar-refractivity contribution in [2.45, 2.75) is 19.3 Å². The van der Waals surface area contributed by atoms with E-state index in [1.54, 1.807) is 19.2 Å². The molecule has 0 saturated heterocycles. The number of fused-ring (bicyclic) bond motifs is 1. The molecular formula is C27H30N2O4S. The van der Waals surface area contributed by atoms with Crippen molar-refractivity contribution in [3.8, 4) is 11.5 Å². The zero-order valence-corrected chi connectivity index (χ0v) is 20.6. The standard InChI is InChI=1S/C27H30N2O4S/c1-29(2)16-15-19-7-9-20(10-8-19)27-25(21-5-4-6-23(17-21)32-3)13-11-22-18-24(12-14-26(22)27)33-34(28,30)31/h4-10,12,14,17-18H,11,13,15-16H2,1-3H3,(H2,28,30,31). The number of nitrogens with two attached hydrogens (primary N) is 1. The minimum atomic E-state index is -4.08. The Morgan fingerprint density at radius 2 is 1.68 bits per heavy atom. The van der Waals surface area contributed by atoms with Crippen LogP contribution >= 0.6 is 0 Å². The Balaban J connectivity index is 1.82. The van der Waals surface area contributed by atoms with Gasteiger partial charge < -0.3 is 13.8 Å². The number of rotatable bonds is 8. The Bertz CT molecular complexity index is 1310. The first kappa shape index (κ1) is 24.0. The molecule has 0 heterocycles. The maximum Gasteiger partial charge on any atom is 0.380 e. The number of methoxy groups -OCH3 is 1. The number of aryl methyl sites for hydroxylation is 1. The maximum atomic E-state index is 11.4. The van der Waals surface area contributed by atoms with Gasteiger partial charge in [0.2, 0.25) is 0 Å². The van der Waals surface area contributed by atoms with Gasteiger partial charge in [0.15, 0.2) is 0 Å². The molecule has 0 radical (unpaired) electrons. The van der Waals surface area contributed by atoms with Crippen LogP contribution in [0.4, 0.5) is 0 Å². The van der Waals surface area contributed by atoms with E-state index in [1.807, 2.05) is 18.2 Å². The second-order valence-corrected chi connectivity index (χ2v) is 9.88. The fraction of sp³-hybridized carbons (Fsp3) is 0.259. The largest absolute Gasteiger partial charge is 0.497 e. The first-order chi connectivity index (χ1) is 16.2. The molecule has 0 aliphatic heterocycles. The third-order valence-electron chi connectivity index (χ3n) is 6.01. The van der Waals surface area contributed by atoms with Gasteiger partial charge in [-0.15, -0.1) is 0 Å². The maximum absolute atomic E-state index is 11.4. The van der Waals surface area contributed by atoms with Crippen molar-refractivity contribution in [1.82, 2.24) is 4.90 Å². The van der Waals surface area contributed by atoms with Crippen molar-refractivity contribution in [2.75, 3.05) is 27.7 Å². The van der Waals surface area contributed by atoms with E-state index in [2.05, 4.69) is 55.4 Å². The molecule has 1 aliphatic carbocycles. The lowest BCUT2D eigenvalue weighted by atomic mass is 9.79. The average molecular weight is 479 g/mol. The minimum Gasteiger partial charge on any atom is -0.497 e. The number of benzene rings is 3. The van der Waals surface area contributed by atoms with Gasteiger partial charge in [-0.05, 0) is 96.6 Å². The fourth-order valence-corrected chi connectivity index (χ4v) is 4.75. The number of allylic oxidation sites excluding steroid dienone is 1. The van der Waals surface area contributed by atoms with E-state index in [-0.39, 0.29) is 5.75 Å². The number of nitrogens with zero attached hydrogens (tertiary/aromatic N) is 1. The van der Waals surface area contributed by atoms with Crippen LogP contribution in [0.15, 0.2) is 66.7 Å². The van der Waals surface area contributed by atoms with Crippen LogP contribution in [0.2, 0.25) is 0 Å². The van der Waals surface area contributed by atoms with Crippen molar-refractivity contribution in [3.05, 3.63) is 94.5 Å². The molecule has 0 fully saturated rings. The Morgan fingerprint density at radius 3 is 2.35 bits per heavy atom. The third-order valence-corrected chi connectivity index (χ3v) is 6.44. The van der Waals surface area contributed by atoms with Crippen LogP contribution in [0, 0.1) is 0 Å². The molecular weight excluding hydrogens is 448 g/mol. The quantitative estimate of drug-likeness (QED) is 0.522. The van der Waals surface area contributed by atoms with Crippen molar-refractivity contribution in [2.24, 2.45) is 5.14 Å². The number of likely N-dealkylation sites (N-methyl/N-ethyl adjacent to an activating group) is 1. The highest BCUT2D eigenvalue weighted by molar-refractivity contribution is 7.84. The van der Waals surface area contributed by atoms with Crippen LogP contribution in [0.3, 0.4) is 0 Å². The lowest BCUT2D eigenvalue weighted by Crippen LogP contribution is -2.19. The molecule has 0 unspecified atom stereocenters. The minimum absolute atomic E-state index is 0.226. The lowest BCUT2D eigenvalue weighted by molar-refractivity contribution is 0.413. The Morgan fingerprint density at radius 1 is 0.912 bits per heavy atom. The molecule has 0 aromatic heterocycles. The average Bonchev–Trinajstić information content (AvgIpc) is 2.81. The molecule has 178 valence electrons. The summed E-state index contributed by atoms with van der Waals surface area (Å²) >= 11 is 0. The predicted octanol–water partition coefficient (Wildman–Crippen LogP) is 4.29. The van der Waals surface area contributed by atoms with Gasteiger partial charge >= 0.3 is 10.3 Å². The molecule has 7 heteroatoms. The summed E-state index contributed by atoms with van der Waals surface area (Å²) in [6.45, 7) is 0.993. The zero-order chi connectivity index (χ0) is 24.3. The number of ether oxygens (including phenoxy) is 1. The zero-order valence-electron chi connectivity index (χ0n) is 19.7. The van der Waals surface area contributed by atoms with E-state index in [9.17, 15) is 8.42 Å². The summed E-state index contributed by atoms with van der Waals surface area (Å²) in [7, 11) is 1.75. The van der Waals surface area contributed by atoms with Crippen molar-refractivity contribution >= 4 is 21.5 Å². The third kappa shape index (κ3) is 5.67. The summed E-state index contributed by atoms with van der Waals surface area (Å²) in [5.74, 6) is 1.04. The fourth-order valence-electron chi connectivity index (χ4n) is 4.37. The highest BCUT2D eigenvalue weighted by atomic mass is 32.2. The van der Waals surface area contributed by atoms with Gasteiger partial charge in [-0.2, -0.15) is 13.6 Å². The summed E-state index contributed by atoms with van der Waals surface area (Å²) in [6, 6.07) is 22.2. The van der Waals surface area contributed by atoms with Gasteiger partial charge in [0.25, 0.3) is 0 Å². The monoisotopic (exact) mass is 478 g/mol. The van der Waals surface area contributed by atoms with Gasteiger partial charge in [0.1, 0.15) is 11.5 Å². The van der Waals surface area contributed by atoms with Crippen LogP contribution in [0.5, 0.6) is 11.5 Å². The predicted molar refractivity (Wildman–Crippen MR) is 136 cm³/mol. The SMILES string of the molecule is COc1cccc(C2=C(c3ccc(CCN(C)C)cc3)c3ccc(OS(N)(=O)=O)cc3CC2)c1. The van der Waals surface area contributed by atoms with Gasteiger partial charge in [0, 0.05) is 6.54 Å². The smallest absolute Gasteiger partial charge is 0.380 e. The summed E-state index contributed by atoms with van der Waals surface area (Å²) in [6.07, 6.45) is 2.55. The number of hydrogen-bond acceptors (Lipinski definition) is 5. The van der Waals surface area contributed by atoms with Gasteiger partial charge in [-0.25, -0.2) is 0 Å². The van der Waals surface area contributed by atoms with Crippen LogP contribution < -0.4 is 14.1 Å². The van der Waals surface area contributed by atoms with E-state index < -0.39 is 10.3 Å². The highest BCUT2D eigenvalue weighted by Gasteiger charge is 2.23. The molecule has 0 atom stereocenters. The van der Waals surface area contributed by atoms with E-state index in [4.69, 9.17) is 14.1 Å². The van der Waals surface area contributed by atoms with E-state index in [0.717, 1.165) is 59.4 Å². The van der Waals surface area contributed by atoms with Crippen molar-refractivity contribution < 1.29 is 17.3 Å². The Kier molecular flexibility index (Phi) is 7.07. The Hall–Kier alpha value is -3.13. The second-order valence-electron chi connectivity index (χ2n) is 8.73. The van der Waals surface area contributed by atoms with Crippen LogP contribution in [-0.4, -0.2) is 41.1 Å². The molecule has 3 aromatic carbocycles. The molecule has 0 saturated carbocycles. The molecule has 4 rings (SSSR count). The molecule has 3 aromatic rings. The van der Waals surface area contributed by atoms with Crippen LogP contribution in [0.1, 0.15) is 34.2 Å². The summed E-state index contributed by atoms with van der Waals surface area (Å²) in [4.78, 5) is 2.18. The topological polar surface area (TPSA) is 81.9 Å².